The third-order valence-corrected chi connectivity index (χ3v) is 8.17. The van der Waals surface area contributed by atoms with Crippen LogP contribution in [0.4, 0.5) is 0 Å². The van der Waals surface area contributed by atoms with Gasteiger partial charge < -0.3 is 5.32 Å². The second kappa shape index (κ2) is 6.89. The summed E-state index contributed by atoms with van der Waals surface area (Å²) < 4.78 is 28.0. The first-order valence-electron chi connectivity index (χ1n) is 6.27. The van der Waals surface area contributed by atoms with Gasteiger partial charge in [0.2, 0.25) is 0 Å². The predicted molar refractivity (Wildman–Crippen MR) is 92.5 cm³/mol. The van der Waals surface area contributed by atoms with Gasteiger partial charge in [-0.1, -0.05) is 0 Å². The smallest absolute Gasteiger partial charge is 0.252 e. The van der Waals surface area contributed by atoms with E-state index in [2.05, 4.69) is 21.2 Å². The van der Waals surface area contributed by atoms with E-state index in [1.165, 1.54) is 15.6 Å². The average Bonchev–Trinajstić information content (AvgIpc) is 2.97. The van der Waals surface area contributed by atoms with Crippen molar-refractivity contribution in [3.63, 3.8) is 0 Å². The molecule has 0 aliphatic rings. The highest BCUT2D eigenvalue weighted by atomic mass is 79.9. The van der Waals surface area contributed by atoms with E-state index in [-0.39, 0.29) is 0 Å². The maximum atomic E-state index is 12.6. The number of hydrogen-bond donors (Lipinski definition) is 1. The van der Waals surface area contributed by atoms with E-state index >= 15 is 0 Å². The van der Waals surface area contributed by atoms with Gasteiger partial charge in [-0.3, -0.25) is 0 Å². The molecule has 2 heterocycles. The van der Waals surface area contributed by atoms with Gasteiger partial charge in [0.05, 0.1) is 0 Å². The second-order valence-electron chi connectivity index (χ2n) is 4.69. The largest absolute Gasteiger partial charge is 0.315 e. The van der Waals surface area contributed by atoms with Crippen molar-refractivity contribution in [1.82, 2.24) is 9.62 Å². The molecule has 0 amide bonds. The second-order valence-corrected chi connectivity index (χ2v) is 10.0. The Labute approximate surface area is 142 Å². The van der Waals surface area contributed by atoms with E-state index in [0.29, 0.717) is 17.3 Å². The fraction of sp³-hybridized carbons (Fsp3) is 0.385. The van der Waals surface area contributed by atoms with Gasteiger partial charge in [-0.05, 0) is 47.6 Å². The molecule has 0 spiro atoms. The first-order chi connectivity index (χ1) is 9.84. The molecule has 0 radical (unpaired) electrons. The SMILES string of the molecule is CNCc1sc(S(=O)(=O)N(C)Cc2cc(Br)cs2)cc1C. The maximum absolute atomic E-state index is 12.6. The van der Waals surface area contributed by atoms with Crippen molar-refractivity contribution >= 4 is 48.6 Å². The van der Waals surface area contributed by atoms with Crippen molar-refractivity contribution in [2.24, 2.45) is 0 Å². The lowest BCUT2D eigenvalue weighted by Gasteiger charge is -2.14. The summed E-state index contributed by atoms with van der Waals surface area (Å²) in [5.74, 6) is 0. The summed E-state index contributed by atoms with van der Waals surface area (Å²) in [6, 6.07) is 3.70. The number of aryl methyl sites for hydroxylation is 1. The summed E-state index contributed by atoms with van der Waals surface area (Å²) in [5, 5.41) is 5.01. The van der Waals surface area contributed by atoms with E-state index in [9.17, 15) is 8.42 Å². The molecule has 4 nitrogen and oxygen atoms in total. The zero-order valence-electron chi connectivity index (χ0n) is 12.0. The molecule has 0 aromatic carbocycles. The predicted octanol–water partition coefficient (Wildman–Crippen LogP) is 3.42. The standard InChI is InChI=1S/C13H17BrN2O2S3/c1-9-4-13(20-12(9)6-15-2)21(17,18)16(3)7-11-5-10(14)8-19-11/h4-5,8,15H,6-7H2,1-3H3. The van der Waals surface area contributed by atoms with Crippen LogP contribution in [0.25, 0.3) is 0 Å². The van der Waals surface area contributed by atoms with E-state index in [1.807, 2.05) is 25.4 Å². The molecule has 0 fully saturated rings. The normalized spacial score (nSPS) is 12.2. The van der Waals surface area contributed by atoms with Crippen LogP contribution in [-0.4, -0.2) is 26.8 Å². The molecule has 0 aliphatic heterocycles. The number of halogens is 1. The number of sulfonamides is 1. The van der Waals surface area contributed by atoms with Crippen LogP contribution in [0.5, 0.6) is 0 Å². The molecule has 2 aromatic rings. The van der Waals surface area contributed by atoms with Crippen LogP contribution in [0.1, 0.15) is 15.3 Å². The molecule has 0 saturated heterocycles. The molecular weight excluding hydrogens is 392 g/mol. The Balaban J connectivity index is 2.22. The van der Waals surface area contributed by atoms with Crippen LogP contribution in [0.3, 0.4) is 0 Å². The van der Waals surface area contributed by atoms with Crippen molar-refractivity contribution in [3.8, 4) is 0 Å². The summed E-state index contributed by atoms with van der Waals surface area (Å²) in [7, 11) is 0.0436. The topological polar surface area (TPSA) is 49.4 Å². The quantitative estimate of drug-likeness (QED) is 0.796. The van der Waals surface area contributed by atoms with Crippen molar-refractivity contribution < 1.29 is 8.42 Å². The summed E-state index contributed by atoms with van der Waals surface area (Å²) in [4.78, 5) is 2.07. The minimum absolute atomic E-state index is 0.386. The van der Waals surface area contributed by atoms with Gasteiger partial charge in [0.1, 0.15) is 4.21 Å². The zero-order valence-corrected chi connectivity index (χ0v) is 16.0. The van der Waals surface area contributed by atoms with Gasteiger partial charge in [0.15, 0.2) is 0 Å². The van der Waals surface area contributed by atoms with E-state index in [4.69, 9.17) is 0 Å². The van der Waals surface area contributed by atoms with Crippen LogP contribution < -0.4 is 5.32 Å². The highest BCUT2D eigenvalue weighted by Gasteiger charge is 2.24. The molecule has 8 heteroatoms. The average molecular weight is 409 g/mol. The monoisotopic (exact) mass is 408 g/mol. The Morgan fingerprint density at radius 2 is 2.10 bits per heavy atom. The van der Waals surface area contributed by atoms with Crippen LogP contribution in [0.15, 0.2) is 26.2 Å². The maximum Gasteiger partial charge on any atom is 0.252 e. The van der Waals surface area contributed by atoms with Gasteiger partial charge >= 0.3 is 0 Å². The highest BCUT2D eigenvalue weighted by Crippen LogP contribution is 2.29. The van der Waals surface area contributed by atoms with Gasteiger partial charge in [-0.25, -0.2) is 8.42 Å². The third kappa shape index (κ3) is 3.94. The van der Waals surface area contributed by atoms with Crippen molar-refractivity contribution in [2.45, 2.75) is 24.2 Å². The molecule has 1 N–H and O–H groups in total. The Morgan fingerprint density at radius 3 is 2.67 bits per heavy atom. The van der Waals surface area contributed by atoms with E-state index in [0.717, 1.165) is 19.8 Å². The summed E-state index contributed by atoms with van der Waals surface area (Å²) in [5.41, 5.74) is 1.01. The molecule has 2 aromatic heterocycles. The minimum atomic E-state index is -3.43. The first-order valence-corrected chi connectivity index (χ1v) is 10.2. The van der Waals surface area contributed by atoms with Crippen LogP contribution >= 0.6 is 38.6 Å². The lowest BCUT2D eigenvalue weighted by molar-refractivity contribution is 0.471. The van der Waals surface area contributed by atoms with E-state index in [1.54, 1.807) is 24.5 Å². The zero-order chi connectivity index (χ0) is 15.6. The van der Waals surface area contributed by atoms with Crippen molar-refractivity contribution in [2.75, 3.05) is 14.1 Å². The molecule has 0 saturated carbocycles. The first kappa shape index (κ1) is 17.1. The van der Waals surface area contributed by atoms with Crippen LogP contribution in [-0.2, 0) is 23.1 Å². The Morgan fingerprint density at radius 1 is 1.38 bits per heavy atom. The summed E-state index contributed by atoms with van der Waals surface area (Å²) >= 11 is 6.27. The number of nitrogens with zero attached hydrogens (tertiary/aromatic N) is 1. The molecule has 0 bridgehead atoms. The van der Waals surface area contributed by atoms with Crippen LogP contribution in [0.2, 0.25) is 0 Å². The van der Waals surface area contributed by atoms with Crippen molar-refractivity contribution in [3.05, 3.63) is 37.3 Å². The molecule has 0 atom stereocenters. The fourth-order valence-electron chi connectivity index (χ4n) is 1.85. The molecule has 21 heavy (non-hydrogen) atoms. The lowest BCUT2D eigenvalue weighted by Crippen LogP contribution is -2.25. The minimum Gasteiger partial charge on any atom is -0.315 e. The Hall–Kier alpha value is -0.250. The van der Waals surface area contributed by atoms with Gasteiger partial charge in [-0.15, -0.1) is 22.7 Å². The Kier molecular flexibility index (Phi) is 5.61. The number of nitrogens with one attached hydrogen (secondary N) is 1. The van der Waals surface area contributed by atoms with Crippen molar-refractivity contribution in [1.29, 1.82) is 0 Å². The number of hydrogen-bond acceptors (Lipinski definition) is 5. The molecule has 0 unspecified atom stereocenters. The van der Waals surface area contributed by atoms with Crippen LogP contribution in [0, 0.1) is 6.92 Å². The Bertz CT molecular complexity index is 722. The summed E-state index contributed by atoms with van der Waals surface area (Å²) in [6.07, 6.45) is 0. The molecule has 2 rings (SSSR count). The highest BCUT2D eigenvalue weighted by molar-refractivity contribution is 9.10. The third-order valence-electron chi connectivity index (χ3n) is 3.00. The van der Waals surface area contributed by atoms with Gasteiger partial charge in [-0.2, -0.15) is 4.31 Å². The van der Waals surface area contributed by atoms with E-state index < -0.39 is 10.0 Å². The summed E-state index contributed by atoms with van der Waals surface area (Å²) in [6.45, 7) is 3.02. The lowest BCUT2D eigenvalue weighted by atomic mass is 10.3. The fourth-order valence-corrected chi connectivity index (χ4v) is 6.39. The number of rotatable bonds is 6. The molecule has 0 aliphatic carbocycles. The molecular formula is C13H17BrN2O2S3. The van der Waals surface area contributed by atoms with Gasteiger partial charge in [0.25, 0.3) is 10.0 Å². The molecule has 116 valence electrons. The van der Waals surface area contributed by atoms with Gasteiger partial charge in [0, 0.05) is 39.7 Å². The number of thiophene rings is 2.